The zero-order valence-corrected chi connectivity index (χ0v) is 5.17. The monoisotopic (exact) mass is 161 g/mol. The molecule has 0 aliphatic rings. The van der Waals surface area contributed by atoms with Crippen molar-refractivity contribution in [1.82, 2.24) is 0 Å². The largest absolute Gasteiger partial charge is 0.287 e. The van der Waals surface area contributed by atoms with Crippen LogP contribution in [0.5, 0.6) is 0 Å². The smallest absolute Gasteiger partial charge is 0.237 e. The maximum absolute atomic E-state index is 11.7. The summed E-state index contributed by atoms with van der Waals surface area (Å²) in [7, 11) is 0. The molecule has 0 heterocycles. The van der Waals surface area contributed by atoms with E-state index in [0.717, 1.165) is 0 Å². The summed E-state index contributed by atoms with van der Waals surface area (Å²) < 4.78 is 58.0. The van der Waals surface area contributed by atoms with Crippen molar-refractivity contribution >= 4 is 0 Å². The quantitative estimate of drug-likeness (QED) is 0.558. The van der Waals surface area contributed by atoms with Crippen LogP contribution in [0.25, 0.3) is 0 Å². The van der Waals surface area contributed by atoms with E-state index >= 15 is 0 Å². The Bertz CT molecular complexity index is 103. The lowest BCUT2D eigenvalue weighted by atomic mass is 10.2. The molecular weight excluding hydrogens is 155 g/mol. The van der Waals surface area contributed by atoms with Crippen LogP contribution in [0.2, 0.25) is 0 Å². The number of hydrogen-bond acceptors (Lipinski definition) is 0. The molecule has 0 aromatic heterocycles. The van der Waals surface area contributed by atoms with E-state index < -0.39 is 24.9 Å². The third kappa shape index (κ3) is 4.52. The first kappa shape index (κ1) is 9.65. The summed E-state index contributed by atoms with van der Waals surface area (Å²) in [5, 5.41) is 0. The van der Waals surface area contributed by atoms with Gasteiger partial charge in [0.2, 0.25) is 6.67 Å². The summed E-state index contributed by atoms with van der Waals surface area (Å²) in [6.45, 7) is -0.713. The number of alkyl halides is 4. The average molecular weight is 161 g/mol. The second-order valence-corrected chi connectivity index (χ2v) is 2.12. The predicted octanol–water partition coefficient (Wildman–Crippen LogP) is 2.80. The Labute approximate surface area is 55.0 Å². The Morgan fingerprint density at radius 3 is 1.70 bits per heavy atom. The van der Waals surface area contributed by atoms with Crippen LogP contribution in [0.4, 0.5) is 22.0 Å². The van der Waals surface area contributed by atoms with Crippen molar-refractivity contribution < 1.29 is 22.0 Å². The van der Waals surface area contributed by atoms with Crippen LogP contribution in [-0.2, 0) is 0 Å². The molecule has 0 aliphatic heterocycles. The van der Waals surface area contributed by atoms with E-state index in [1.54, 1.807) is 0 Å². The summed E-state index contributed by atoms with van der Waals surface area (Å²) in [5.74, 6) is -7.55. The van der Waals surface area contributed by atoms with Gasteiger partial charge in [-0.25, -0.2) is 22.0 Å². The minimum atomic E-state index is -4.02. The van der Waals surface area contributed by atoms with Crippen LogP contribution < -0.4 is 0 Å². The van der Waals surface area contributed by atoms with Gasteiger partial charge in [0.05, 0.1) is 6.42 Å². The lowest BCUT2D eigenvalue weighted by Gasteiger charge is -2.15. The normalized spacial score (nSPS) is 13.8. The topological polar surface area (TPSA) is 0 Å². The van der Waals surface area contributed by atoms with Crippen molar-refractivity contribution in [2.75, 3.05) is 0 Å². The molecule has 10 heavy (non-hydrogen) atoms. The van der Waals surface area contributed by atoms with E-state index in [9.17, 15) is 22.0 Å². The second kappa shape index (κ2) is 2.72. The maximum atomic E-state index is 11.7. The van der Waals surface area contributed by atoms with Crippen molar-refractivity contribution in [3.63, 3.8) is 0 Å². The summed E-state index contributed by atoms with van der Waals surface area (Å²) in [6, 6.07) is 0. The van der Waals surface area contributed by atoms with Gasteiger partial charge in [0.25, 0.3) is 11.8 Å². The molecule has 0 atom stereocenters. The fourth-order valence-electron chi connectivity index (χ4n) is 0.452. The van der Waals surface area contributed by atoms with Crippen LogP contribution in [0.3, 0.4) is 0 Å². The Morgan fingerprint density at radius 1 is 1.20 bits per heavy atom. The first-order valence-corrected chi connectivity index (χ1v) is 2.47. The van der Waals surface area contributed by atoms with E-state index in [1.807, 2.05) is 0 Å². The minimum absolute atomic E-state index is 0.310. The van der Waals surface area contributed by atoms with Gasteiger partial charge in [-0.3, -0.25) is 0 Å². The van der Waals surface area contributed by atoms with E-state index in [4.69, 9.17) is 0 Å². The number of halogens is 5. The fraction of sp³-hybridized carbons (Fsp3) is 0.800. The van der Waals surface area contributed by atoms with Crippen molar-refractivity contribution in [1.29, 1.82) is 0 Å². The molecule has 0 fully saturated rings. The third-order valence-corrected chi connectivity index (χ3v) is 0.706. The molecule has 0 saturated carbocycles. The molecule has 1 radical (unpaired) electrons. The molecule has 0 bridgehead atoms. The highest BCUT2D eigenvalue weighted by Gasteiger charge is 2.40. The summed E-state index contributed by atoms with van der Waals surface area (Å²) >= 11 is 0. The van der Waals surface area contributed by atoms with Gasteiger partial charge in [-0.1, -0.05) is 0 Å². The highest BCUT2D eigenvalue weighted by Crippen LogP contribution is 2.31. The SMILES string of the molecule is CC(F)(F)CC(F)(F)[CH]F. The lowest BCUT2D eigenvalue weighted by Crippen LogP contribution is -2.25. The molecule has 0 spiro atoms. The van der Waals surface area contributed by atoms with E-state index in [1.165, 1.54) is 0 Å². The third-order valence-electron chi connectivity index (χ3n) is 0.706. The summed E-state index contributed by atoms with van der Waals surface area (Å²) in [4.78, 5) is 0. The molecule has 0 aliphatic carbocycles. The lowest BCUT2D eigenvalue weighted by molar-refractivity contribution is -0.0923. The Kier molecular flexibility index (Phi) is 2.62. The molecule has 0 amide bonds. The van der Waals surface area contributed by atoms with Crippen LogP contribution in [0, 0.1) is 6.67 Å². The van der Waals surface area contributed by atoms with Gasteiger partial charge in [-0.2, -0.15) is 0 Å². The van der Waals surface area contributed by atoms with Crippen LogP contribution in [0.1, 0.15) is 13.3 Å². The number of hydrogen-bond donors (Lipinski definition) is 0. The first-order valence-electron chi connectivity index (χ1n) is 2.47. The Hall–Kier alpha value is -0.350. The van der Waals surface area contributed by atoms with Crippen LogP contribution >= 0.6 is 0 Å². The molecule has 5 heteroatoms. The molecule has 0 rings (SSSR count). The van der Waals surface area contributed by atoms with Crippen molar-refractivity contribution in [3.8, 4) is 0 Å². The maximum Gasteiger partial charge on any atom is 0.287 e. The van der Waals surface area contributed by atoms with Gasteiger partial charge in [-0.05, 0) is 6.92 Å². The molecular formula is C5H6F5. The van der Waals surface area contributed by atoms with Gasteiger partial charge in [0, 0.05) is 0 Å². The van der Waals surface area contributed by atoms with Gasteiger partial charge >= 0.3 is 0 Å². The van der Waals surface area contributed by atoms with Gasteiger partial charge in [-0.15, -0.1) is 0 Å². The molecule has 61 valence electrons. The summed E-state index contributed by atoms with van der Waals surface area (Å²) in [5.41, 5.74) is 0. The van der Waals surface area contributed by atoms with E-state index in [0.29, 0.717) is 6.92 Å². The molecule has 0 aromatic carbocycles. The van der Waals surface area contributed by atoms with Gasteiger partial charge < -0.3 is 0 Å². The van der Waals surface area contributed by atoms with Gasteiger partial charge in [0.15, 0.2) is 0 Å². The molecule has 0 saturated heterocycles. The van der Waals surface area contributed by atoms with Crippen molar-refractivity contribution in [2.45, 2.75) is 25.2 Å². The fourth-order valence-corrected chi connectivity index (χ4v) is 0.452. The average Bonchev–Trinajstić information content (AvgIpc) is 1.60. The Morgan fingerprint density at radius 2 is 1.60 bits per heavy atom. The highest BCUT2D eigenvalue weighted by atomic mass is 19.3. The highest BCUT2D eigenvalue weighted by molar-refractivity contribution is 4.80. The van der Waals surface area contributed by atoms with Gasteiger partial charge in [0.1, 0.15) is 0 Å². The van der Waals surface area contributed by atoms with E-state index in [2.05, 4.69) is 0 Å². The molecule has 0 N–H and O–H groups in total. The predicted molar refractivity (Wildman–Crippen MR) is 25.6 cm³/mol. The second-order valence-electron chi connectivity index (χ2n) is 2.12. The van der Waals surface area contributed by atoms with Crippen molar-refractivity contribution in [3.05, 3.63) is 6.67 Å². The van der Waals surface area contributed by atoms with E-state index in [-0.39, 0.29) is 0 Å². The van der Waals surface area contributed by atoms with Crippen LogP contribution in [-0.4, -0.2) is 11.8 Å². The molecule has 0 nitrogen and oxygen atoms in total. The van der Waals surface area contributed by atoms with Crippen LogP contribution in [0.15, 0.2) is 0 Å². The minimum Gasteiger partial charge on any atom is -0.237 e. The first-order chi connectivity index (χ1) is 4.27. The molecule has 0 unspecified atom stereocenters. The molecule has 0 aromatic rings. The zero-order valence-electron chi connectivity index (χ0n) is 5.17. The standard InChI is InChI=1S/C5H6F5/c1-4(7,8)2-5(9,10)3-6/h3H,2H2,1H3. The summed E-state index contributed by atoms with van der Waals surface area (Å²) in [6.07, 6.45) is -1.78. The Balaban J connectivity index is 3.89. The van der Waals surface area contributed by atoms with Crippen molar-refractivity contribution in [2.24, 2.45) is 0 Å². The zero-order chi connectivity index (χ0) is 8.41. The number of rotatable bonds is 3.